The maximum atomic E-state index is 12.5. The molecule has 2 aliphatic heterocycles. The minimum atomic E-state index is -0.183. The quantitative estimate of drug-likeness (QED) is 0.405. The summed E-state index contributed by atoms with van der Waals surface area (Å²) < 4.78 is 6.99. The Morgan fingerprint density at radius 2 is 1.34 bits per heavy atom. The zero-order valence-electron chi connectivity index (χ0n) is 18.5. The molecule has 4 atom stereocenters. The van der Waals surface area contributed by atoms with Crippen LogP contribution < -0.4 is 17.0 Å². The Morgan fingerprint density at radius 3 is 1.94 bits per heavy atom. The van der Waals surface area contributed by atoms with Crippen LogP contribution in [0, 0.1) is 0 Å². The molecule has 3 nitrogen and oxygen atoms in total. The number of nitrogens with zero attached hydrogens (tertiary/aromatic N) is 1. The summed E-state index contributed by atoms with van der Waals surface area (Å²) in [6.07, 6.45) is 4.42. The van der Waals surface area contributed by atoms with E-state index >= 15 is 0 Å². The summed E-state index contributed by atoms with van der Waals surface area (Å²) >= 11 is 0. The SMILES string of the molecule is C[N+]1(Cc2ccc(-c3ccccc3)cc2)[C@@H]2CC[C@H]1CC(OC(=O)c1ccccc1)C2.[Br-]. The van der Waals surface area contributed by atoms with Crippen LogP contribution in [0.25, 0.3) is 11.1 Å². The smallest absolute Gasteiger partial charge is 0.338 e. The Kier molecular flexibility index (Phi) is 6.82. The molecule has 166 valence electrons. The van der Waals surface area contributed by atoms with Gasteiger partial charge in [-0.3, -0.25) is 0 Å². The summed E-state index contributed by atoms with van der Waals surface area (Å²) in [6, 6.07) is 30.1. The van der Waals surface area contributed by atoms with E-state index in [0.717, 1.165) is 23.9 Å². The molecular weight excluding hydrogens is 462 g/mol. The molecular formula is C28H30BrNO2. The predicted molar refractivity (Wildman–Crippen MR) is 123 cm³/mol. The molecule has 0 aromatic heterocycles. The third kappa shape index (κ3) is 4.53. The van der Waals surface area contributed by atoms with E-state index in [0.29, 0.717) is 17.6 Å². The number of benzene rings is 3. The molecule has 2 heterocycles. The molecule has 2 bridgehead atoms. The fourth-order valence-electron chi connectivity index (χ4n) is 5.67. The van der Waals surface area contributed by atoms with Crippen molar-refractivity contribution in [2.75, 3.05) is 7.05 Å². The largest absolute Gasteiger partial charge is 1.00 e. The number of ether oxygens (including phenoxy) is 1. The van der Waals surface area contributed by atoms with E-state index in [1.165, 1.54) is 29.5 Å². The van der Waals surface area contributed by atoms with Gasteiger partial charge in [-0.1, -0.05) is 72.8 Å². The summed E-state index contributed by atoms with van der Waals surface area (Å²) in [6.45, 7) is 1.05. The highest BCUT2D eigenvalue weighted by molar-refractivity contribution is 5.89. The van der Waals surface area contributed by atoms with Gasteiger partial charge in [0, 0.05) is 31.2 Å². The van der Waals surface area contributed by atoms with Crippen molar-refractivity contribution in [3.63, 3.8) is 0 Å². The predicted octanol–water partition coefficient (Wildman–Crippen LogP) is 2.85. The van der Waals surface area contributed by atoms with Gasteiger partial charge in [0.25, 0.3) is 0 Å². The Hall–Kier alpha value is -2.43. The molecule has 0 N–H and O–H groups in total. The summed E-state index contributed by atoms with van der Waals surface area (Å²) in [5, 5.41) is 0. The van der Waals surface area contributed by atoms with Gasteiger partial charge >= 0.3 is 5.97 Å². The van der Waals surface area contributed by atoms with Crippen LogP contribution in [0.15, 0.2) is 84.9 Å². The topological polar surface area (TPSA) is 26.3 Å². The molecule has 3 aromatic carbocycles. The van der Waals surface area contributed by atoms with Crippen LogP contribution in [0.4, 0.5) is 0 Å². The first-order valence-corrected chi connectivity index (χ1v) is 11.4. The van der Waals surface area contributed by atoms with Gasteiger partial charge in [0.05, 0.1) is 24.7 Å². The van der Waals surface area contributed by atoms with Gasteiger partial charge in [-0.05, 0) is 23.3 Å². The average Bonchev–Trinajstić information content (AvgIpc) is 2.97. The van der Waals surface area contributed by atoms with Crippen molar-refractivity contribution < 1.29 is 31.0 Å². The molecule has 2 unspecified atom stereocenters. The van der Waals surface area contributed by atoms with Crippen molar-refractivity contribution in [3.8, 4) is 11.1 Å². The van der Waals surface area contributed by atoms with Crippen molar-refractivity contribution in [1.82, 2.24) is 0 Å². The first-order valence-electron chi connectivity index (χ1n) is 11.4. The lowest BCUT2D eigenvalue weighted by Crippen LogP contribution is -3.00. The van der Waals surface area contributed by atoms with Crippen LogP contribution in [-0.4, -0.2) is 35.7 Å². The second-order valence-corrected chi connectivity index (χ2v) is 9.32. The number of quaternary nitrogens is 1. The lowest BCUT2D eigenvalue weighted by molar-refractivity contribution is -0.961. The molecule has 3 aromatic rings. The third-order valence-electron chi connectivity index (χ3n) is 7.44. The average molecular weight is 492 g/mol. The number of esters is 1. The van der Waals surface area contributed by atoms with Gasteiger partial charge in [-0.2, -0.15) is 0 Å². The first kappa shape index (κ1) is 22.8. The minimum absolute atomic E-state index is 0. The third-order valence-corrected chi connectivity index (χ3v) is 7.44. The number of hydrogen-bond donors (Lipinski definition) is 0. The number of piperidine rings is 1. The van der Waals surface area contributed by atoms with Crippen LogP contribution in [0.3, 0.4) is 0 Å². The van der Waals surface area contributed by atoms with Gasteiger partial charge in [0.1, 0.15) is 12.6 Å². The van der Waals surface area contributed by atoms with Gasteiger partial charge < -0.3 is 26.2 Å². The number of rotatable bonds is 5. The molecule has 2 fully saturated rings. The maximum Gasteiger partial charge on any atom is 0.338 e. The zero-order valence-corrected chi connectivity index (χ0v) is 20.1. The molecule has 0 amide bonds. The molecule has 2 saturated heterocycles. The second kappa shape index (κ2) is 9.60. The Morgan fingerprint density at radius 1 is 0.812 bits per heavy atom. The van der Waals surface area contributed by atoms with Crippen molar-refractivity contribution in [3.05, 3.63) is 96.1 Å². The van der Waals surface area contributed by atoms with E-state index in [9.17, 15) is 4.79 Å². The molecule has 0 aliphatic carbocycles. The number of hydrogen-bond acceptors (Lipinski definition) is 2. The van der Waals surface area contributed by atoms with Crippen molar-refractivity contribution in [2.45, 2.75) is 50.4 Å². The van der Waals surface area contributed by atoms with E-state index in [1.807, 2.05) is 30.3 Å². The maximum absolute atomic E-state index is 12.5. The van der Waals surface area contributed by atoms with Gasteiger partial charge in [0.2, 0.25) is 0 Å². The van der Waals surface area contributed by atoms with E-state index < -0.39 is 0 Å². The molecule has 5 rings (SSSR count). The minimum Gasteiger partial charge on any atom is -1.00 e. The molecule has 32 heavy (non-hydrogen) atoms. The van der Waals surface area contributed by atoms with Gasteiger partial charge in [-0.15, -0.1) is 0 Å². The lowest BCUT2D eigenvalue weighted by Gasteiger charge is -2.47. The van der Waals surface area contributed by atoms with Crippen LogP contribution in [0.2, 0.25) is 0 Å². The summed E-state index contributed by atoms with van der Waals surface area (Å²) in [7, 11) is 2.41. The summed E-state index contributed by atoms with van der Waals surface area (Å²) in [5.41, 5.74) is 4.56. The standard InChI is InChI=1S/C28H30NO2.BrH/c1-29(20-21-12-14-23(15-13-21)22-8-4-2-5-9-22)25-16-17-26(29)19-27(18-25)31-28(30)24-10-6-3-7-11-24;/h2-15,25-27H,16-20H2,1H3;1H/q+1;/p-1/t25-,26+,27?,29?;. The Labute approximate surface area is 201 Å². The zero-order chi connectivity index (χ0) is 21.3. The van der Waals surface area contributed by atoms with Gasteiger partial charge in [-0.25, -0.2) is 4.79 Å². The van der Waals surface area contributed by atoms with Crippen LogP contribution >= 0.6 is 0 Å². The number of fused-ring (bicyclic) bond motifs is 2. The molecule has 2 aliphatic rings. The number of carbonyl (C=O) groups is 1. The molecule has 0 saturated carbocycles. The van der Waals surface area contributed by atoms with Crippen LogP contribution in [0.1, 0.15) is 41.6 Å². The van der Waals surface area contributed by atoms with E-state index in [1.54, 1.807) is 0 Å². The summed E-state index contributed by atoms with van der Waals surface area (Å²) in [4.78, 5) is 12.5. The monoisotopic (exact) mass is 491 g/mol. The Bertz CT molecular complexity index is 1020. The van der Waals surface area contributed by atoms with Gasteiger partial charge in [0.15, 0.2) is 0 Å². The van der Waals surface area contributed by atoms with Crippen LogP contribution in [-0.2, 0) is 11.3 Å². The Balaban J connectivity index is 0.00000245. The van der Waals surface area contributed by atoms with Crippen molar-refractivity contribution in [2.24, 2.45) is 0 Å². The first-order chi connectivity index (χ1) is 15.1. The highest BCUT2D eigenvalue weighted by atomic mass is 79.9. The number of carbonyl (C=O) groups excluding carboxylic acids is 1. The van der Waals surface area contributed by atoms with Crippen molar-refractivity contribution in [1.29, 1.82) is 0 Å². The second-order valence-electron chi connectivity index (χ2n) is 9.32. The molecule has 0 radical (unpaired) electrons. The van der Waals surface area contributed by atoms with Crippen LogP contribution in [0.5, 0.6) is 0 Å². The normalized spacial score (nSPS) is 26.2. The fourth-order valence-corrected chi connectivity index (χ4v) is 5.67. The van der Waals surface area contributed by atoms with E-state index in [-0.39, 0.29) is 29.1 Å². The lowest BCUT2D eigenvalue weighted by atomic mass is 9.95. The van der Waals surface area contributed by atoms with E-state index in [4.69, 9.17) is 4.74 Å². The molecule has 4 heteroatoms. The van der Waals surface area contributed by atoms with E-state index in [2.05, 4.69) is 61.6 Å². The van der Waals surface area contributed by atoms with Crippen molar-refractivity contribution >= 4 is 5.97 Å². The fraction of sp³-hybridized carbons (Fsp3) is 0.321. The summed E-state index contributed by atoms with van der Waals surface area (Å²) in [5.74, 6) is -0.183. The number of halogens is 1. The highest BCUT2D eigenvalue weighted by Crippen LogP contribution is 2.43. The highest BCUT2D eigenvalue weighted by Gasteiger charge is 2.52. The molecule has 0 spiro atoms.